The Morgan fingerprint density at radius 2 is 2.38 bits per heavy atom. The zero-order valence-electron chi connectivity index (χ0n) is 6.93. The van der Waals surface area contributed by atoms with E-state index in [1.165, 1.54) is 12.3 Å². The van der Waals surface area contributed by atoms with E-state index in [2.05, 4.69) is 15.1 Å². The van der Waals surface area contributed by atoms with Gasteiger partial charge >= 0.3 is 0 Å². The van der Waals surface area contributed by atoms with Crippen molar-refractivity contribution in [2.75, 3.05) is 0 Å². The van der Waals surface area contributed by atoms with Crippen LogP contribution in [0.1, 0.15) is 5.56 Å². The van der Waals surface area contributed by atoms with Gasteiger partial charge in [-0.1, -0.05) is 0 Å². The Hall–Kier alpha value is -2.00. The van der Waals surface area contributed by atoms with Gasteiger partial charge in [-0.2, -0.15) is 10.1 Å². The average molecular weight is 174 g/mol. The Kier molecular flexibility index (Phi) is 1.65. The second-order valence-corrected chi connectivity index (χ2v) is 2.63. The topological polar surface area (TPSA) is 59.6 Å². The molecule has 2 heterocycles. The molecule has 0 aromatic carbocycles. The number of hydrogen-bond acceptors (Lipinski definition) is 4. The number of aliphatic imine (C=N–C) groups is 1. The van der Waals surface area contributed by atoms with Crippen LogP contribution in [-0.2, 0) is 4.79 Å². The molecule has 0 aliphatic carbocycles. The molecule has 0 atom stereocenters. The summed E-state index contributed by atoms with van der Waals surface area (Å²) in [7, 11) is 0. The van der Waals surface area contributed by atoms with Gasteiger partial charge in [-0.25, -0.2) is 14.3 Å². The SMILES string of the molecule is Cc1cnc2c(N=C=O)cnn2c1. The van der Waals surface area contributed by atoms with E-state index >= 15 is 0 Å². The van der Waals surface area contributed by atoms with E-state index in [0.29, 0.717) is 11.3 Å². The summed E-state index contributed by atoms with van der Waals surface area (Å²) in [5.74, 6) is 0. The molecule has 0 bridgehead atoms. The average Bonchev–Trinajstić information content (AvgIpc) is 2.49. The maximum atomic E-state index is 10.0. The van der Waals surface area contributed by atoms with Crippen molar-refractivity contribution in [1.29, 1.82) is 0 Å². The van der Waals surface area contributed by atoms with Crippen LogP contribution in [0.25, 0.3) is 5.65 Å². The Morgan fingerprint density at radius 1 is 1.54 bits per heavy atom. The summed E-state index contributed by atoms with van der Waals surface area (Å²) >= 11 is 0. The van der Waals surface area contributed by atoms with E-state index in [-0.39, 0.29) is 0 Å². The molecule has 2 rings (SSSR count). The van der Waals surface area contributed by atoms with Crippen molar-refractivity contribution >= 4 is 17.4 Å². The van der Waals surface area contributed by atoms with Crippen molar-refractivity contribution in [3.63, 3.8) is 0 Å². The number of hydrogen-bond donors (Lipinski definition) is 0. The van der Waals surface area contributed by atoms with Crippen molar-refractivity contribution in [2.24, 2.45) is 4.99 Å². The minimum atomic E-state index is 0.440. The quantitative estimate of drug-likeness (QED) is 0.478. The molecular formula is C8H6N4O. The molecule has 0 radical (unpaired) electrons. The molecule has 0 spiro atoms. The lowest BCUT2D eigenvalue weighted by Crippen LogP contribution is -1.89. The molecule has 2 aromatic rings. The minimum Gasteiger partial charge on any atom is -0.235 e. The first kappa shape index (κ1) is 7.64. The van der Waals surface area contributed by atoms with Gasteiger partial charge in [0.05, 0.1) is 6.20 Å². The Labute approximate surface area is 73.7 Å². The number of rotatable bonds is 1. The first-order chi connectivity index (χ1) is 6.31. The van der Waals surface area contributed by atoms with E-state index in [4.69, 9.17) is 0 Å². The van der Waals surface area contributed by atoms with Crippen molar-refractivity contribution in [2.45, 2.75) is 6.92 Å². The number of carbonyl (C=O) groups excluding carboxylic acids is 1. The monoisotopic (exact) mass is 174 g/mol. The largest absolute Gasteiger partial charge is 0.240 e. The van der Waals surface area contributed by atoms with E-state index < -0.39 is 0 Å². The third-order valence-corrected chi connectivity index (χ3v) is 1.63. The van der Waals surface area contributed by atoms with Crippen LogP contribution in [0.2, 0.25) is 0 Å². The molecule has 0 unspecified atom stereocenters. The highest BCUT2D eigenvalue weighted by atomic mass is 16.1. The van der Waals surface area contributed by atoms with Gasteiger partial charge in [-0.05, 0) is 12.5 Å². The zero-order valence-corrected chi connectivity index (χ0v) is 6.93. The van der Waals surface area contributed by atoms with Crippen LogP contribution in [0.4, 0.5) is 5.69 Å². The number of nitrogens with zero attached hydrogens (tertiary/aromatic N) is 4. The van der Waals surface area contributed by atoms with Gasteiger partial charge in [-0.3, -0.25) is 0 Å². The fourth-order valence-electron chi connectivity index (χ4n) is 1.08. The fraction of sp³-hybridized carbons (Fsp3) is 0.125. The van der Waals surface area contributed by atoms with Crippen molar-refractivity contribution in [3.8, 4) is 0 Å². The summed E-state index contributed by atoms with van der Waals surface area (Å²) in [4.78, 5) is 17.6. The van der Waals surface area contributed by atoms with Crippen LogP contribution in [0, 0.1) is 6.92 Å². The number of isocyanates is 1. The predicted octanol–water partition coefficient (Wildman–Crippen LogP) is 1.01. The van der Waals surface area contributed by atoms with E-state index in [1.54, 1.807) is 10.7 Å². The summed E-state index contributed by atoms with van der Waals surface area (Å²) in [5.41, 5.74) is 2.00. The van der Waals surface area contributed by atoms with Crippen LogP contribution >= 0.6 is 0 Å². The fourth-order valence-corrected chi connectivity index (χ4v) is 1.08. The first-order valence-electron chi connectivity index (χ1n) is 3.69. The second kappa shape index (κ2) is 2.80. The summed E-state index contributed by atoms with van der Waals surface area (Å²) in [5, 5.41) is 3.98. The van der Waals surface area contributed by atoms with Crippen LogP contribution in [-0.4, -0.2) is 20.7 Å². The van der Waals surface area contributed by atoms with Gasteiger partial charge in [0.25, 0.3) is 0 Å². The van der Waals surface area contributed by atoms with Crippen molar-refractivity contribution in [1.82, 2.24) is 14.6 Å². The molecule has 5 nitrogen and oxygen atoms in total. The number of fused-ring (bicyclic) bond motifs is 1. The lowest BCUT2D eigenvalue weighted by molar-refractivity contribution is 0.565. The molecule has 2 aromatic heterocycles. The lowest BCUT2D eigenvalue weighted by Gasteiger charge is -1.93. The third-order valence-electron chi connectivity index (χ3n) is 1.63. The third kappa shape index (κ3) is 1.21. The van der Waals surface area contributed by atoms with Gasteiger partial charge in [0.1, 0.15) is 5.69 Å². The summed E-state index contributed by atoms with van der Waals surface area (Å²) < 4.78 is 1.57. The minimum absolute atomic E-state index is 0.440. The summed E-state index contributed by atoms with van der Waals surface area (Å²) in [6.45, 7) is 1.91. The molecule has 13 heavy (non-hydrogen) atoms. The Balaban J connectivity index is 2.75. The second-order valence-electron chi connectivity index (χ2n) is 2.63. The summed E-state index contributed by atoms with van der Waals surface area (Å²) in [6, 6.07) is 0. The predicted molar refractivity (Wildman–Crippen MR) is 45.5 cm³/mol. The zero-order chi connectivity index (χ0) is 9.26. The van der Waals surface area contributed by atoms with Crippen LogP contribution in [0.5, 0.6) is 0 Å². The van der Waals surface area contributed by atoms with Crippen LogP contribution in [0.15, 0.2) is 23.6 Å². The van der Waals surface area contributed by atoms with Crippen molar-refractivity contribution in [3.05, 3.63) is 24.2 Å². The molecule has 64 valence electrons. The molecule has 0 N–H and O–H groups in total. The maximum Gasteiger partial charge on any atom is 0.240 e. The van der Waals surface area contributed by atoms with Gasteiger partial charge < -0.3 is 0 Å². The maximum absolute atomic E-state index is 10.0. The smallest absolute Gasteiger partial charge is 0.235 e. The Bertz CT molecular complexity index is 496. The molecule has 5 heteroatoms. The summed E-state index contributed by atoms with van der Waals surface area (Å²) in [6.07, 6.45) is 6.44. The van der Waals surface area contributed by atoms with Crippen LogP contribution in [0.3, 0.4) is 0 Å². The molecule has 0 saturated carbocycles. The van der Waals surface area contributed by atoms with E-state index in [1.807, 2.05) is 13.1 Å². The van der Waals surface area contributed by atoms with Gasteiger partial charge in [0.15, 0.2) is 5.65 Å². The standard InChI is InChI=1S/C8H6N4O/c1-6-2-9-8-7(10-5-13)3-11-12(8)4-6/h2-4H,1H3. The molecular weight excluding hydrogens is 168 g/mol. The normalized spacial score (nSPS) is 9.92. The Morgan fingerprint density at radius 3 is 3.15 bits per heavy atom. The van der Waals surface area contributed by atoms with Gasteiger partial charge in [0.2, 0.25) is 6.08 Å². The lowest BCUT2D eigenvalue weighted by atomic mass is 10.4. The molecule has 0 fully saturated rings. The highest BCUT2D eigenvalue weighted by Gasteiger charge is 2.02. The van der Waals surface area contributed by atoms with Gasteiger partial charge in [0, 0.05) is 12.4 Å². The molecule has 0 aliphatic heterocycles. The molecule has 0 aliphatic rings. The van der Waals surface area contributed by atoms with Crippen LogP contribution < -0.4 is 0 Å². The van der Waals surface area contributed by atoms with Crippen molar-refractivity contribution < 1.29 is 4.79 Å². The highest BCUT2D eigenvalue weighted by Crippen LogP contribution is 2.16. The number of aromatic nitrogens is 3. The number of aryl methyl sites for hydroxylation is 1. The van der Waals surface area contributed by atoms with E-state index in [9.17, 15) is 4.79 Å². The van der Waals surface area contributed by atoms with E-state index in [0.717, 1.165) is 5.56 Å². The first-order valence-corrected chi connectivity index (χ1v) is 3.69. The highest BCUT2D eigenvalue weighted by molar-refractivity contribution is 5.65. The van der Waals surface area contributed by atoms with Gasteiger partial charge in [-0.15, -0.1) is 0 Å². The molecule has 0 saturated heterocycles. The molecule has 0 amide bonds.